The van der Waals surface area contributed by atoms with Crippen LogP contribution in [0.5, 0.6) is 0 Å². The van der Waals surface area contributed by atoms with Crippen LogP contribution >= 0.6 is 12.4 Å². The zero-order valence-corrected chi connectivity index (χ0v) is 15.7. The van der Waals surface area contributed by atoms with E-state index in [4.69, 9.17) is 0 Å². The maximum absolute atomic E-state index is 12.9. The van der Waals surface area contributed by atoms with Crippen molar-refractivity contribution < 1.29 is 14.4 Å². The molecule has 0 radical (unpaired) electrons. The van der Waals surface area contributed by atoms with Crippen LogP contribution in [0.1, 0.15) is 35.7 Å². The first kappa shape index (κ1) is 20.2. The lowest BCUT2D eigenvalue weighted by atomic mass is 10.1. The summed E-state index contributed by atoms with van der Waals surface area (Å²) in [4.78, 5) is 39.2. The fourth-order valence-electron chi connectivity index (χ4n) is 3.31. The third-order valence-corrected chi connectivity index (χ3v) is 4.68. The molecule has 2 aliphatic heterocycles. The third-order valence-electron chi connectivity index (χ3n) is 4.68. The summed E-state index contributed by atoms with van der Waals surface area (Å²) in [7, 11) is 0. The summed E-state index contributed by atoms with van der Waals surface area (Å²) >= 11 is 0. The zero-order valence-electron chi connectivity index (χ0n) is 14.9. The molecule has 0 bridgehead atoms. The first-order chi connectivity index (χ1) is 12.1. The van der Waals surface area contributed by atoms with Crippen molar-refractivity contribution in [1.82, 2.24) is 20.4 Å². The van der Waals surface area contributed by atoms with Gasteiger partial charge in [-0.05, 0) is 37.1 Å². The maximum atomic E-state index is 12.9. The molecule has 0 aromatic heterocycles. The van der Waals surface area contributed by atoms with E-state index >= 15 is 0 Å². The minimum atomic E-state index is -0.368. The Balaban J connectivity index is 0.00000243. The second-order valence-electron chi connectivity index (χ2n) is 6.48. The molecule has 2 heterocycles. The molecular formula is C18H25ClN4O3. The zero-order chi connectivity index (χ0) is 17.8. The molecule has 3 rings (SSSR count). The highest BCUT2D eigenvalue weighted by Crippen LogP contribution is 2.16. The van der Waals surface area contributed by atoms with E-state index in [2.05, 4.69) is 17.6 Å². The summed E-state index contributed by atoms with van der Waals surface area (Å²) < 4.78 is 0. The number of carbonyl (C=O) groups is 3. The lowest BCUT2D eigenvalue weighted by Crippen LogP contribution is -2.42. The Labute approximate surface area is 159 Å². The van der Waals surface area contributed by atoms with E-state index in [-0.39, 0.29) is 49.4 Å². The van der Waals surface area contributed by atoms with E-state index < -0.39 is 0 Å². The number of imide groups is 1. The van der Waals surface area contributed by atoms with Crippen molar-refractivity contribution in [3.63, 3.8) is 0 Å². The number of urea groups is 1. The summed E-state index contributed by atoms with van der Waals surface area (Å²) in [6.07, 6.45) is 1.91. The summed E-state index contributed by atoms with van der Waals surface area (Å²) in [5, 5.41) is 5.81. The number of hydrogen-bond donors (Lipinski definition) is 2. The van der Waals surface area contributed by atoms with E-state index in [1.54, 1.807) is 12.1 Å². The van der Waals surface area contributed by atoms with Gasteiger partial charge in [0.2, 0.25) is 5.91 Å². The van der Waals surface area contributed by atoms with Crippen LogP contribution in [-0.4, -0.2) is 59.9 Å². The molecule has 26 heavy (non-hydrogen) atoms. The van der Waals surface area contributed by atoms with Crippen LogP contribution in [0.25, 0.3) is 0 Å². The van der Waals surface area contributed by atoms with Gasteiger partial charge in [-0.2, -0.15) is 0 Å². The molecule has 4 amide bonds. The highest BCUT2D eigenvalue weighted by atomic mass is 35.5. The third kappa shape index (κ3) is 4.34. The Bertz CT molecular complexity index is 643. The van der Waals surface area contributed by atoms with Gasteiger partial charge in [0.1, 0.15) is 0 Å². The van der Waals surface area contributed by atoms with Crippen molar-refractivity contribution in [2.75, 3.05) is 26.2 Å². The van der Waals surface area contributed by atoms with Crippen LogP contribution in [0.3, 0.4) is 0 Å². The van der Waals surface area contributed by atoms with Gasteiger partial charge in [-0.1, -0.05) is 19.1 Å². The summed E-state index contributed by atoms with van der Waals surface area (Å²) in [6, 6.07) is 7.06. The number of halogens is 1. The quantitative estimate of drug-likeness (QED) is 0.730. The Hall–Kier alpha value is -2.12. The van der Waals surface area contributed by atoms with Gasteiger partial charge in [0.25, 0.3) is 5.91 Å². The predicted molar refractivity (Wildman–Crippen MR) is 100 cm³/mol. The van der Waals surface area contributed by atoms with Crippen molar-refractivity contribution in [2.45, 2.75) is 32.4 Å². The number of benzene rings is 1. The average Bonchev–Trinajstić information content (AvgIpc) is 3.25. The van der Waals surface area contributed by atoms with Gasteiger partial charge in [-0.25, -0.2) is 4.79 Å². The molecule has 0 aliphatic carbocycles. The molecule has 2 saturated heterocycles. The van der Waals surface area contributed by atoms with Gasteiger partial charge in [0.15, 0.2) is 0 Å². The van der Waals surface area contributed by atoms with Gasteiger partial charge < -0.3 is 15.5 Å². The first-order valence-electron chi connectivity index (χ1n) is 8.79. The molecule has 1 aromatic carbocycles. The first-order valence-corrected chi connectivity index (χ1v) is 8.79. The van der Waals surface area contributed by atoms with Gasteiger partial charge in [-0.3, -0.25) is 14.5 Å². The minimum absolute atomic E-state index is 0. The Kier molecular flexibility index (Phi) is 6.99. The summed E-state index contributed by atoms with van der Waals surface area (Å²) in [6.45, 7) is 4.89. The minimum Gasteiger partial charge on any atom is -0.334 e. The number of amides is 4. The van der Waals surface area contributed by atoms with Crippen molar-refractivity contribution in [3.05, 3.63) is 35.4 Å². The second-order valence-corrected chi connectivity index (χ2v) is 6.48. The van der Waals surface area contributed by atoms with E-state index in [9.17, 15) is 14.4 Å². The molecule has 2 N–H and O–H groups in total. The highest BCUT2D eigenvalue weighted by Gasteiger charge is 2.29. The van der Waals surface area contributed by atoms with E-state index in [1.807, 2.05) is 17.0 Å². The van der Waals surface area contributed by atoms with Crippen LogP contribution in [0, 0.1) is 0 Å². The topological polar surface area (TPSA) is 81.8 Å². The second kappa shape index (κ2) is 9.00. The molecule has 142 valence electrons. The number of nitrogens with zero attached hydrogens (tertiary/aromatic N) is 2. The molecule has 1 atom stereocenters. The number of hydrogen-bond acceptors (Lipinski definition) is 4. The van der Waals surface area contributed by atoms with Crippen LogP contribution in [0.4, 0.5) is 4.79 Å². The monoisotopic (exact) mass is 380 g/mol. The Morgan fingerprint density at radius 1 is 1.27 bits per heavy atom. The van der Waals surface area contributed by atoms with Crippen LogP contribution in [0.2, 0.25) is 0 Å². The number of carbonyl (C=O) groups excluding carboxylic acids is 3. The van der Waals surface area contributed by atoms with Crippen molar-refractivity contribution in [2.24, 2.45) is 0 Å². The lowest BCUT2D eigenvalue weighted by molar-refractivity contribution is -0.125. The molecule has 2 aliphatic rings. The molecule has 0 saturated carbocycles. The van der Waals surface area contributed by atoms with Gasteiger partial charge in [0, 0.05) is 24.7 Å². The predicted octanol–water partition coefficient (Wildman–Crippen LogP) is 1.37. The molecule has 7 nitrogen and oxygen atoms in total. The molecular weight excluding hydrogens is 356 g/mol. The van der Waals surface area contributed by atoms with E-state index in [1.165, 1.54) is 4.90 Å². The largest absolute Gasteiger partial charge is 0.334 e. The van der Waals surface area contributed by atoms with Crippen molar-refractivity contribution >= 4 is 30.3 Å². The smallest absolute Gasteiger partial charge is 0.324 e. The van der Waals surface area contributed by atoms with Crippen LogP contribution < -0.4 is 10.6 Å². The van der Waals surface area contributed by atoms with Crippen molar-refractivity contribution in [3.8, 4) is 0 Å². The summed E-state index contributed by atoms with van der Waals surface area (Å²) in [5.74, 6) is -0.190. The van der Waals surface area contributed by atoms with E-state index in [0.717, 1.165) is 38.0 Å². The van der Waals surface area contributed by atoms with Crippen LogP contribution in [0.15, 0.2) is 24.3 Å². The summed E-state index contributed by atoms with van der Waals surface area (Å²) in [5.41, 5.74) is 1.47. The van der Waals surface area contributed by atoms with Gasteiger partial charge in [-0.15, -0.1) is 12.4 Å². The fraction of sp³-hybridized carbons (Fsp3) is 0.500. The normalized spacial score (nSPS) is 19.3. The molecule has 1 unspecified atom stereocenters. The Morgan fingerprint density at radius 2 is 2.00 bits per heavy atom. The van der Waals surface area contributed by atoms with Gasteiger partial charge >= 0.3 is 6.03 Å². The molecule has 2 fully saturated rings. The Morgan fingerprint density at radius 3 is 2.54 bits per heavy atom. The maximum Gasteiger partial charge on any atom is 0.324 e. The SMILES string of the molecule is CCCN(C(=O)c1ccc(CN2C(=O)CNC2=O)cc1)C1CCNC1.Cl. The lowest BCUT2D eigenvalue weighted by Gasteiger charge is -2.28. The molecule has 1 aromatic rings. The van der Waals surface area contributed by atoms with Gasteiger partial charge in [0.05, 0.1) is 13.1 Å². The van der Waals surface area contributed by atoms with Crippen LogP contribution in [-0.2, 0) is 11.3 Å². The highest BCUT2D eigenvalue weighted by molar-refractivity contribution is 6.01. The van der Waals surface area contributed by atoms with Crippen molar-refractivity contribution in [1.29, 1.82) is 0 Å². The van der Waals surface area contributed by atoms with E-state index in [0.29, 0.717) is 5.56 Å². The number of nitrogens with one attached hydrogen (secondary N) is 2. The number of rotatable bonds is 6. The molecule has 8 heteroatoms. The average molecular weight is 381 g/mol. The standard InChI is InChI=1S/C18H24N4O3.ClH/c1-2-9-21(15-7-8-19-10-15)17(24)14-5-3-13(4-6-14)12-22-16(23)11-20-18(22)25;/h3-6,15,19H,2,7-12H2,1H3,(H,20,25);1H. The fourth-order valence-corrected chi connectivity index (χ4v) is 3.31. The molecule has 0 spiro atoms.